The average molecular weight is 321 g/mol. The molecule has 3 nitrogen and oxygen atoms in total. The lowest BCUT2D eigenvalue weighted by molar-refractivity contribution is 0.103. The fraction of sp³-hybridized carbons (Fsp3) is 0.286. The summed E-state index contributed by atoms with van der Waals surface area (Å²) < 4.78 is 2.20. The molecule has 24 heavy (non-hydrogen) atoms. The first-order chi connectivity index (χ1) is 11.6. The summed E-state index contributed by atoms with van der Waals surface area (Å²) in [6.07, 6.45) is 1.67. The fourth-order valence-corrected chi connectivity index (χ4v) is 3.32. The molecule has 0 aliphatic carbocycles. The number of carbonyl (C=O) groups is 1. The van der Waals surface area contributed by atoms with Gasteiger partial charge in [0, 0.05) is 35.3 Å². The topological polar surface area (TPSA) is 42.2 Å². The predicted octanol–water partition coefficient (Wildman–Crippen LogP) is 4.26. The van der Waals surface area contributed by atoms with Crippen LogP contribution in [0.3, 0.4) is 0 Å². The van der Waals surface area contributed by atoms with E-state index < -0.39 is 0 Å². The first kappa shape index (κ1) is 16.5. The number of benzene rings is 2. The Hall–Kier alpha value is -2.39. The Morgan fingerprint density at radius 3 is 2.58 bits per heavy atom. The van der Waals surface area contributed by atoms with Gasteiger partial charge >= 0.3 is 0 Å². The quantitative estimate of drug-likeness (QED) is 0.544. The number of hydrogen-bond donors (Lipinski definition) is 1. The van der Waals surface area contributed by atoms with Crippen LogP contribution >= 0.6 is 0 Å². The van der Waals surface area contributed by atoms with E-state index in [-0.39, 0.29) is 12.4 Å². The van der Waals surface area contributed by atoms with Crippen LogP contribution in [-0.2, 0) is 6.54 Å². The van der Waals surface area contributed by atoms with Gasteiger partial charge < -0.3 is 9.67 Å². The van der Waals surface area contributed by atoms with Crippen LogP contribution in [0.25, 0.3) is 10.9 Å². The fourth-order valence-electron chi connectivity index (χ4n) is 3.32. The molecular weight excluding hydrogens is 298 g/mol. The zero-order chi connectivity index (χ0) is 17.1. The Morgan fingerprint density at radius 1 is 1.04 bits per heavy atom. The summed E-state index contributed by atoms with van der Waals surface area (Å²) in [5.74, 6) is 0.0771. The number of rotatable bonds is 6. The van der Waals surface area contributed by atoms with E-state index in [2.05, 4.69) is 10.6 Å². The number of nitrogens with zero attached hydrogens (tertiary/aromatic N) is 1. The van der Waals surface area contributed by atoms with E-state index in [1.54, 1.807) is 0 Å². The van der Waals surface area contributed by atoms with E-state index in [0.29, 0.717) is 0 Å². The van der Waals surface area contributed by atoms with Gasteiger partial charge in [-0.25, -0.2) is 0 Å². The SMILES string of the molecule is Cc1cccc(C(=O)c2c(C)n(CCCCO)c3ccccc23)c1. The van der Waals surface area contributed by atoms with Crippen LogP contribution in [0, 0.1) is 13.8 Å². The number of ketones is 1. The molecule has 2 aromatic carbocycles. The smallest absolute Gasteiger partial charge is 0.195 e. The van der Waals surface area contributed by atoms with Crippen LogP contribution < -0.4 is 0 Å². The Kier molecular flexibility index (Phi) is 4.81. The van der Waals surface area contributed by atoms with Crippen molar-refractivity contribution in [1.29, 1.82) is 0 Å². The number of para-hydroxylation sites is 1. The zero-order valence-electron chi connectivity index (χ0n) is 14.2. The van der Waals surface area contributed by atoms with Gasteiger partial charge in [0.05, 0.1) is 5.56 Å². The average Bonchev–Trinajstić information content (AvgIpc) is 2.87. The lowest BCUT2D eigenvalue weighted by Gasteiger charge is -2.08. The summed E-state index contributed by atoms with van der Waals surface area (Å²) in [6.45, 7) is 5.03. The molecule has 0 saturated heterocycles. The van der Waals surface area contributed by atoms with Crippen LogP contribution in [0.2, 0.25) is 0 Å². The highest BCUT2D eigenvalue weighted by molar-refractivity contribution is 6.17. The second kappa shape index (κ2) is 7.02. The van der Waals surface area contributed by atoms with E-state index in [1.807, 2.05) is 56.3 Å². The van der Waals surface area contributed by atoms with Crippen molar-refractivity contribution in [2.75, 3.05) is 6.61 Å². The zero-order valence-corrected chi connectivity index (χ0v) is 14.2. The minimum Gasteiger partial charge on any atom is -0.396 e. The molecule has 1 N–H and O–H groups in total. The van der Waals surface area contributed by atoms with E-state index in [9.17, 15) is 4.79 Å². The third-order valence-corrected chi connectivity index (χ3v) is 4.53. The van der Waals surface area contributed by atoms with E-state index >= 15 is 0 Å². The van der Waals surface area contributed by atoms with E-state index in [0.717, 1.165) is 52.7 Å². The van der Waals surface area contributed by atoms with Gasteiger partial charge in [-0.2, -0.15) is 0 Å². The lowest BCUT2D eigenvalue weighted by atomic mass is 9.99. The molecule has 1 aromatic heterocycles. The van der Waals surface area contributed by atoms with Crippen molar-refractivity contribution in [3.63, 3.8) is 0 Å². The maximum Gasteiger partial charge on any atom is 0.195 e. The number of unbranched alkanes of at least 4 members (excludes halogenated alkanes) is 1. The Labute approximate surface area is 142 Å². The van der Waals surface area contributed by atoms with Crippen LogP contribution in [-0.4, -0.2) is 22.1 Å². The molecule has 1 heterocycles. The molecule has 0 atom stereocenters. The first-order valence-electron chi connectivity index (χ1n) is 8.43. The maximum atomic E-state index is 13.1. The molecule has 0 unspecified atom stereocenters. The van der Waals surface area contributed by atoms with Gasteiger partial charge in [-0.1, -0.05) is 42.0 Å². The van der Waals surface area contributed by atoms with Crippen LogP contribution in [0.1, 0.15) is 40.0 Å². The second-order valence-electron chi connectivity index (χ2n) is 6.26. The number of hydrogen-bond acceptors (Lipinski definition) is 2. The maximum absolute atomic E-state index is 13.1. The minimum absolute atomic E-state index is 0.0771. The monoisotopic (exact) mass is 321 g/mol. The molecule has 3 aromatic rings. The van der Waals surface area contributed by atoms with Gasteiger partial charge in [0.15, 0.2) is 5.78 Å². The van der Waals surface area contributed by atoms with Crippen molar-refractivity contribution >= 4 is 16.7 Å². The predicted molar refractivity (Wildman–Crippen MR) is 97.6 cm³/mol. The molecule has 3 rings (SSSR count). The van der Waals surface area contributed by atoms with Gasteiger partial charge in [0.25, 0.3) is 0 Å². The molecule has 0 amide bonds. The molecule has 124 valence electrons. The number of aliphatic hydroxyl groups is 1. The Morgan fingerprint density at radius 2 is 1.83 bits per heavy atom. The standard InChI is InChI=1S/C21H23NO2/c1-15-8-7-9-17(14-15)21(24)20-16(2)22(12-5-6-13-23)19-11-4-3-10-18(19)20/h3-4,7-11,14,23H,5-6,12-13H2,1-2H3. The number of fused-ring (bicyclic) bond motifs is 1. The first-order valence-corrected chi connectivity index (χ1v) is 8.43. The van der Waals surface area contributed by atoms with Crippen molar-refractivity contribution in [2.45, 2.75) is 33.2 Å². The van der Waals surface area contributed by atoms with Crippen molar-refractivity contribution in [3.8, 4) is 0 Å². The van der Waals surface area contributed by atoms with Gasteiger partial charge in [-0.05, 0) is 38.8 Å². The molecule has 0 saturated carbocycles. The van der Waals surface area contributed by atoms with Crippen molar-refractivity contribution in [2.24, 2.45) is 0 Å². The molecule has 0 bridgehead atoms. The molecule has 0 fully saturated rings. The van der Waals surface area contributed by atoms with Crippen molar-refractivity contribution in [1.82, 2.24) is 4.57 Å². The largest absolute Gasteiger partial charge is 0.396 e. The van der Waals surface area contributed by atoms with Gasteiger partial charge in [0.2, 0.25) is 0 Å². The highest BCUT2D eigenvalue weighted by Crippen LogP contribution is 2.28. The molecule has 0 aliphatic rings. The van der Waals surface area contributed by atoms with Crippen LogP contribution in [0.5, 0.6) is 0 Å². The summed E-state index contributed by atoms with van der Waals surface area (Å²) >= 11 is 0. The number of aromatic nitrogens is 1. The summed E-state index contributed by atoms with van der Waals surface area (Å²) in [6, 6.07) is 15.8. The highest BCUT2D eigenvalue weighted by Gasteiger charge is 2.20. The molecule has 3 heteroatoms. The van der Waals surface area contributed by atoms with E-state index in [4.69, 9.17) is 5.11 Å². The molecule has 0 aliphatic heterocycles. The van der Waals surface area contributed by atoms with Crippen molar-refractivity contribution < 1.29 is 9.90 Å². The Balaban J connectivity index is 2.10. The third kappa shape index (κ3) is 3.00. The van der Waals surface area contributed by atoms with Gasteiger partial charge in [-0.3, -0.25) is 4.79 Å². The summed E-state index contributed by atoms with van der Waals surface area (Å²) in [5.41, 5.74) is 4.70. The summed E-state index contributed by atoms with van der Waals surface area (Å²) in [5, 5.41) is 10.0. The molecule has 0 spiro atoms. The second-order valence-corrected chi connectivity index (χ2v) is 6.26. The molecular formula is C21H23NO2. The van der Waals surface area contributed by atoms with E-state index in [1.165, 1.54) is 0 Å². The lowest BCUT2D eigenvalue weighted by Crippen LogP contribution is -2.06. The number of aryl methyl sites for hydroxylation is 2. The highest BCUT2D eigenvalue weighted by atomic mass is 16.2. The van der Waals surface area contributed by atoms with Gasteiger partial charge in [-0.15, -0.1) is 0 Å². The summed E-state index contributed by atoms with van der Waals surface area (Å²) in [7, 11) is 0. The van der Waals surface area contributed by atoms with Crippen LogP contribution in [0.15, 0.2) is 48.5 Å². The van der Waals surface area contributed by atoms with Gasteiger partial charge in [0.1, 0.15) is 0 Å². The van der Waals surface area contributed by atoms with Crippen LogP contribution in [0.4, 0.5) is 0 Å². The molecule has 0 radical (unpaired) electrons. The third-order valence-electron chi connectivity index (χ3n) is 4.53. The van der Waals surface area contributed by atoms with Crippen molar-refractivity contribution in [3.05, 3.63) is 70.9 Å². The normalized spacial score (nSPS) is 11.1. The number of aliphatic hydroxyl groups excluding tert-OH is 1. The minimum atomic E-state index is 0.0771. The number of carbonyl (C=O) groups excluding carboxylic acids is 1. The Bertz CT molecular complexity index is 877. The summed E-state index contributed by atoms with van der Waals surface area (Å²) in [4.78, 5) is 13.1.